The highest BCUT2D eigenvalue weighted by molar-refractivity contribution is 7.98. The lowest BCUT2D eigenvalue weighted by Gasteiger charge is -2.54. The largest absolute Gasteiger partial charge is 0.416 e. The highest BCUT2D eigenvalue weighted by atomic mass is 32.2. The van der Waals surface area contributed by atoms with Crippen LogP contribution in [0.15, 0.2) is 71.7 Å². The maximum atomic E-state index is 14.8. The molecule has 3 atom stereocenters. The quantitative estimate of drug-likeness (QED) is 0.126. The predicted octanol–water partition coefficient (Wildman–Crippen LogP) is 6.08. The maximum Gasteiger partial charge on any atom is 0.416 e. The van der Waals surface area contributed by atoms with Crippen LogP contribution in [-0.4, -0.2) is 69.5 Å². The van der Waals surface area contributed by atoms with E-state index in [0.717, 1.165) is 23.9 Å². The molecule has 3 heterocycles. The minimum Gasteiger partial charge on any atom is -0.378 e. The van der Waals surface area contributed by atoms with Gasteiger partial charge in [-0.25, -0.2) is 17.6 Å². The number of methoxy groups -OCH3 is 1. The van der Waals surface area contributed by atoms with Gasteiger partial charge in [-0.05, 0) is 105 Å². The van der Waals surface area contributed by atoms with E-state index in [-0.39, 0.29) is 24.6 Å². The van der Waals surface area contributed by atoms with Crippen LogP contribution in [0, 0.1) is 11.2 Å². The molecule has 9 nitrogen and oxygen atoms in total. The van der Waals surface area contributed by atoms with Crippen molar-refractivity contribution < 1.29 is 31.3 Å². The Morgan fingerprint density at radius 1 is 1.12 bits per heavy atom. The average Bonchev–Trinajstić information content (AvgIpc) is 3.68. The van der Waals surface area contributed by atoms with Crippen molar-refractivity contribution in [3.63, 3.8) is 0 Å². The first-order valence-corrected chi connectivity index (χ1v) is 17.6. The summed E-state index contributed by atoms with van der Waals surface area (Å²) in [5, 5.41) is 9.33. The van der Waals surface area contributed by atoms with E-state index in [1.54, 1.807) is 54.1 Å². The molecule has 7 rings (SSSR count). The molecule has 0 bridgehead atoms. The molecule has 0 aliphatic heterocycles. The Hall–Kier alpha value is -4.14. The van der Waals surface area contributed by atoms with Crippen LogP contribution < -0.4 is 0 Å². The van der Waals surface area contributed by atoms with Crippen molar-refractivity contribution in [2.45, 2.75) is 74.3 Å². The standard InChI is InChI=1S/C35H36F4N6O3S/c1-33(48-3)18-28(19-33)45(49(4,47)31-12-14-43(2)42-31)27-8-5-23-16-30-22(21-41-44(30)26-9-6-25(36)7-10-26)17-34(23,20-27)32(46)29-15-24(11-13-40-29)35(37,38)39/h6-7,9-16,21,27-28H,4-5,8,17-20H2,1-3H3/t27-,28?,33?,34-,49?/m0/s1. The number of benzene rings is 1. The van der Waals surface area contributed by atoms with Crippen molar-refractivity contribution in [3.8, 4) is 5.69 Å². The molecular weight excluding hydrogens is 660 g/mol. The number of aryl methyl sites for hydroxylation is 1. The zero-order valence-corrected chi connectivity index (χ0v) is 28.1. The smallest absolute Gasteiger partial charge is 0.378 e. The molecule has 3 aliphatic carbocycles. The summed E-state index contributed by atoms with van der Waals surface area (Å²) in [6.45, 7) is 1.99. The van der Waals surface area contributed by atoms with Gasteiger partial charge >= 0.3 is 6.18 Å². The first-order valence-electron chi connectivity index (χ1n) is 16.0. The summed E-state index contributed by atoms with van der Waals surface area (Å²) in [7, 11) is 0.197. The van der Waals surface area contributed by atoms with Gasteiger partial charge in [-0.3, -0.25) is 14.5 Å². The van der Waals surface area contributed by atoms with Gasteiger partial charge in [0.15, 0.2) is 10.8 Å². The SMILES string of the molecule is C=S(=O)(c1ccn(C)n1)N(C1CC(C)(OC)C1)[C@H]1CCC2=Cc3c(cnn3-c3ccc(F)cc3)C[C@]2(C(=O)c2cc(C(F)(F)F)ccn2)C1. The number of aromatic nitrogens is 5. The van der Waals surface area contributed by atoms with Crippen LogP contribution >= 0.6 is 0 Å². The second-order valence-corrected chi connectivity index (χ2v) is 15.7. The number of Topliss-reactive ketones (excluding diaryl/α,β-unsaturated/α-hetero) is 1. The Morgan fingerprint density at radius 2 is 1.86 bits per heavy atom. The number of rotatable bonds is 8. The van der Waals surface area contributed by atoms with E-state index in [0.29, 0.717) is 47.7 Å². The van der Waals surface area contributed by atoms with Crippen LogP contribution in [0.2, 0.25) is 0 Å². The number of carbonyl (C=O) groups is 1. The van der Waals surface area contributed by atoms with E-state index in [1.807, 2.05) is 17.3 Å². The molecular formula is C35H36F4N6O3S. The van der Waals surface area contributed by atoms with E-state index in [9.17, 15) is 26.6 Å². The number of allylic oxidation sites excluding steroid dienone is 1. The van der Waals surface area contributed by atoms with Gasteiger partial charge in [-0.1, -0.05) is 5.57 Å². The molecule has 0 N–H and O–H groups in total. The Labute approximate surface area is 281 Å². The van der Waals surface area contributed by atoms with Gasteiger partial charge in [0, 0.05) is 38.6 Å². The molecule has 0 saturated heterocycles. The summed E-state index contributed by atoms with van der Waals surface area (Å²) in [6.07, 6.45) is 3.91. The lowest BCUT2D eigenvalue weighted by Crippen LogP contribution is -2.61. The van der Waals surface area contributed by atoms with Gasteiger partial charge in [0.1, 0.15) is 11.5 Å². The maximum absolute atomic E-state index is 14.8. The van der Waals surface area contributed by atoms with Crippen molar-refractivity contribution in [1.82, 2.24) is 28.9 Å². The number of hydrogen-bond donors (Lipinski definition) is 0. The van der Waals surface area contributed by atoms with Gasteiger partial charge in [-0.15, -0.1) is 0 Å². The number of ether oxygens (including phenoxy) is 1. The molecule has 3 aliphatic rings. The molecule has 0 spiro atoms. The van der Waals surface area contributed by atoms with Crippen LogP contribution in [0.3, 0.4) is 0 Å². The summed E-state index contributed by atoms with van der Waals surface area (Å²) in [6, 6.07) is 8.55. The van der Waals surface area contributed by atoms with Crippen molar-refractivity contribution in [2.24, 2.45) is 12.5 Å². The average molecular weight is 697 g/mol. The number of halogens is 4. The first-order chi connectivity index (χ1) is 23.1. The van der Waals surface area contributed by atoms with Gasteiger partial charge in [0.2, 0.25) is 0 Å². The van der Waals surface area contributed by atoms with E-state index < -0.39 is 50.1 Å². The second kappa shape index (κ2) is 11.7. The van der Waals surface area contributed by atoms with Gasteiger partial charge in [0.25, 0.3) is 0 Å². The van der Waals surface area contributed by atoms with Crippen molar-refractivity contribution in [3.05, 3.63) is 95.0 Å². The number of nitrogens with zero attached hydrogens (tertiary/aromatic N) is 6. The molecule has 14 heteroatoms. The monoisotopic (exact) mass is 696 g/mol. The fourth-order valence-electron chi connectivity index (χ4n) is 7.80. The number of ketones is 1. The Balaban J connectivity index is 1.34. The summed E-state index contributed by atoms with van der Waals surface area (Å²) in [5.74, 6) is 3.28. The van der Waals surface area contributed by atoms with E-state index in [4.69, 9.17) is 4.74 Å². The Kier molecular flexibility index (Phi) is 7.99. The third-order valence-corrected chi connectivity index (χ3v) is 12.5. The predicted molar refractivity (Wildman–Crippen MR) is 176 cm³/mol. The minimum atomic E-state index is -4.67. The molecule has 0 radical (unpaired) electrons. The zero-order chi connectivity index (χ0) is 34.9. The number of fused-ring (bicyclic) bond motifs is 2. The van der Waals surface area contributed by atoms with Crippen LogP contribution in [0.5, 0.6) is 0 Å². The molecule has 4 aromatic rings. The molecule has 2 fully saturated rings. The van der Waals surface area contributed by atoms with Crippen LogP contribution in [-0.2, 0) is 34.1 Å². The zero-order valence-electron chi connectivity index (χ0n) is 27.3. The lowest BCUT2D eigenvalue weighted by molar-refractivity contribution is -0.137. The number of alkyl halides is 3. The summed E-state index contributed by atoms with van der Waals surface area (Å²) >= 11 is 0. The molecule has 258 valence electrons. The molecule has 0 amide bonds. The summed E-state index contributed by atoms with van der Waals surface area (Å²) in [5.41, 5.74) is -0.228. The fourth-order valence-corrected chi connectivity index (χ4v) is 9.84. The van der Waals surface area contributed by atoms with E-state index >= 15 is 0 Å². The lowest BCUT2D eigenvalue weighted by atomic mass is 9.60. The number of hydrogen-bond acceptors (Lipinski definition) is 6. The Bertz CT molecular complexity index is 2060. The highest BCUT2D eigenvalue weighted by Crippen LogP contribution is 2.53. The van der Waals surface area contributed by atoms with Crippen molar-refractivity contribution >= 4 is 27.4 Å². The highest BCUT2D eigenvalue weighted by Gasteiger charge is 2.55. The van der Waals surface area contributed by atoms with Crippen molar-refractivity contribution in [2.75, 3.05) is 7.11 Å². The Morgan fingerprint density at radius 3 is 2.51 bits per heavy atom. The van der Waals surface area contributed by atoms with Gasteiger partial charge in [-0.2, -0.15) is 23.4 Å². The van der Waals surface area contributed by atoms with Crippen LogP contribution in [0.25, 0.3) is 11.8 Å². The molecule has 2 saturated carbocycles. The van der Waals surface area contributed by atoms with E-state index in [2.05, 4.69) is 21.1 Å². The van der Waals surface area contributed by atoms with Gasteiger partial charge in [0.05, 0.1) is 43.9 Å². The van der Waals surface area contributed by atoms with Crippen molar-refractivity contribution in [1.29, 1.82) is 0 Å². The first kappa shape index (κ1) is 33.4. The van der Waals surface area contributed by atoms with Gasteiger partial charge < -0.3 is 4.74 Å². The fraction of sp³-hybridized carbons (Fsp3) is 0.400. The van der Waals surface area contributed by atoms with Crippen LogP contribution in [0.4, 0.5) is 17.6 Å². The normalized spacial score (nSPS) is 26.3. The minimum absolute atomic E-state index is 0.138. The van der Waals surface area contributed by atoms with E-state index in [1.165, 1.54) is 12.1 Å². The number of pyridine rings is 1. The summed E-state index contributed by atoms with van der Waals surface area (Å²) < 4.78 is 80.9. The molecule has 1 unspecified atom stereocenters. The molecule has 3 aromatic heterocycles. The summed E-state index contributed by atoms with van der Waals surface area (Å²) in [4.78, 5) is 18.9. The molecule has 1 aromatic carbocycles. The molecule has 49 heavy (non-hydrogen) atoms. The number of carbonyl (C=O) groups excluding carboxylic acids is 1. The third-order valence-electron chi connectivity index (χ3n) is 10.4. The van der Waals surface area contributed by atoms with Crippen LogP contribution in [0.1, 0.15) is 66.3 Å². The topological polar surface area (TPSA) is 95.1 Å². The second-order valence-electron chi connectivity index (χ2n) is 13.6. The third kappa shape index (κ3) is 5.73.